The number of ether oxygens (including phenoxy) is 2. The maximum absolute atomic E-state index is 5.41. The highest BCUT2D eigenvalue weighted by Crippen LogP contribution is 2.29. The lowest BCUT2D eigenvalue weighted by Crippen LogP contribution is -2.29. The monoisotopic (exact) mass is 266 g/mol. The largest absolute Gasteiger partial charge is 0.496 e. The molecule has 0 saturated carbocycles. The summed E-state index contributed by atoms with van der Waals surface area (Å²) in [6, 6.07) is 5.89. The Morgan fingerprint density at radius 3 is 2.26 bits per heavy atom. The third-order valence-corrected chi connectivity index (χ3v) is 3.05. The molecule has 1 rings (SSSR count). The molecule has 0 aliphatic rings. The molecule has 1 N–H and O–H groups in total. The maximum Gasteiger partial charge on any atom is 0.127 e. The summed E-state index contributed by atoms with van der Waals surface area (Å²) in [7, 11) is 5.50. The molecule has 0 aliphatic heterocycles. The molecule has 4 nitrogen and oxygen atoms in total. The first-order valence-corrected chi connectivity index (χ1v) is 6.82. The minimum Gasteiger partial charge on any atom is -0.496 e. The van der Waals surface area contributed by atoms with Crippen LogP contribution >= 0.6 is 0 Å². The zero-order chi connectivity index (χ0) is 14.1. The Balaban J connectivity index is 2.59. The van der Waals surface area contributed by atoms with Crippen LogP contribution in [-0.2, 0) is 6.54 Å². The van der Waals surface area contributed by atoms with Gasteiger partial charge in [-0.25, -0.2) is 0 Å². The van der Waals surface area contributed by atoms with Gasteiger partial charge in [0, 0.05) is 19.6 Å². The van der Waals surface area contributed by atoms with Gasteiger partial charge in [-0.3, -0.25) is 0 Å². The molecule has 0 aliphatic carbocycles. The predicted octanol–water partition coefficient (Wildman–Crippen LogP) is 2.14. The van der Waals surface area contributed by atoms with Crippen LogP contribution in [0.4, 0.5) is 0 Å². The highest BCUT2D eigenvalue weighted by molar-refractivity contribution is 5.44. The van der Waals surface area contributed by atoms with Crippen molar-refractivity contribution in [2.75, 3.05) is 40.9 Å². The summed E-state index contributed by atoms with van der Waals surface area (Å²) in [6.07, 6.45) is 1.17. The second kappa shape index (κ2) is 8.77. The van der Waals surface area contributed by atoms with E-state index in [0.29, 0.717) is 0 Å². The zero-order valence-corrected chi connectivity index (χ0v) is 12.5. The van der Waals surface area contributed by atoms with E-state index in [-0.39, 0.29) is 0 Å². The van der Waals surface area contributed by atoms with Gasteiger partial charge < -0.3 is 19.7 Å². The Labute approximate surface area is 116 Å². The van der Waals surface area contributed by atoms with Gasteiger partial charge in [-0.1, -0.05) is 13.0 Å². The fraction of sp³-hybridized carbons (Fsp3) is 0.600. The second-order valence-electron chi connectivity index (χ2n) is 4.63. The van der Waals surface area contributed by atoms with Crippen LogP contribution in [0.15, 0.2) is 18.2 Å². The number of nitrogens with one attached hydrogen (secondary N) is 1. The first-order chi connectivity index (χ1) is 9.22. The predicted molar refractivity (Wildman–Crippen MR) is 79.0 cm³/mol. The summed E-state index contributed by atoms with van der Waals surface area (Å²) in [6.45, 7) is 6.08. The second-order valence-corrected chi connectivity index (χ2v) is 4.63. The van der Waals surface area contributed by atoms with Crippen molar-refractivity contribution in [1.29, 1.82) is 0 Å². The molecule has 0 fully saturated rings. The van der Waals surface area contributed by atoms with Gasteiger partial charge in [-0.05, 0) is 32.1 Å². The molecule has 0 spiro atoms. The van der Waals surface area contributed by atoms with Gasteiger partial charge in [-0.15, -0.1) is 0 Å². The Kier molecular flexibility index (Phi) is 7.30. The van der Waals surface area contributed by atoms with Crippen molar-refractivity contribution in [3.8, 4) is 11.5 Å². The van der Waals surface area contributed by atoms with E-state index in [4.69, 9.17) is 9.47 Å². The summed E-state index contributed by atoms with van der Waals surface area (Å²) in [5.41, 5.74) is 1.10. The van der Waals surface area contributed by atoms with Gasteiger partial charge in [0.2, 0.25) is 0 Å². The van der Waals surface area contributed by atoms with Gasteiger partial charge in [0.1, 0.15) is 11.5 Å². The fourth-order valence-corrected chi connectivity index (χ4v) is 2.00. The summed E-state index contributed by atoms with van der Waals surface area (Å²) >= 11 is 0. The molecule has 0 heterocycles. The van der Waals surface area contributed by atoms with Crippen LogP contribution in [-0.4, -0.2) is 45.8 Å². The molecule has 0 saturated heterocycles. The first kappa shape index (κ1) is 15.8. The SMILES string of the molecule is CCCNCCN(C)Cc1c(OC)cccc1OC. The van der Waals surface area contributed by atoms with Crippen molar-refractivity contribution in [2.45, 2.75) is 19.9 Å². The Morgan fingerprint density at radius 2 is 1.74 bits per heavy atom. The number of rotatable bonds is 9. The Morgan fingerprint density at radius 1 is 1.11 bits per heavy atom. The third-order valence-electron chi connectivity index (χ3n) is 3.05. The van der Waals surface area contributed by atoms with Crippen LogP contribution in [0.3, 0.4) is 0 Å². The molecule has 4 heteroatoms. The van der Waals surface area contributed by atoms with Gasteiger partial charge >= 0.3 is 0 Å². The molecule has 0 aromatic heterocycles. The smallest absolute Gasteiger partial charge is 0.127 e. The molecule has 19 heavy (non-hydrogen) atoms. The Bertz CT molecular complexity index is 347. The van der Waals surface area contributed by atoms with Crippen LogP contribution in [0.2, 0.25) is 0 Å². The topological polar surface area (TPSA) is 33.7 Å². The molecule has 0 amide bonds. The van der Waals surface area contributed by atoms with E-state index in [1.807, 2.05) is 18.2 Å². The minimum atomic E-state index is 0.820. The van der Waals surface area contributed by atoms with Gasteiger partial charge in [-0.2, -0.15) is 0 Å². The quantitative estimate of drug-likeness (QED) is 0.694. The zero-order valence-electron chi connectivity index (χ0n) is 12.5. The van der Waals surface area contributed by atoms with Crippen molar-refractivity contribution in [2.24, 2.45) is 0 Å². The number of methoxy groups -OCH3 is 2. The lowest BCUT2D eigenvalue weighted by Gasteiger charge is -2.20. The first-order valence-electron chi connectivity index (χ1n) is 6.82. The van der Waals surface area contributed by atoms with E-state index in [9.17, 15) is 0 Å². The molecule has 0 unspecified atom stereocenters. The lowest BCUT2D eigenvalue weighted by molar-refractivity contribution is 0.305. The molecule has 108 valence electrons. The maximum atomic E-state index is 5.41. The van der Waals surface area contributed by atoms with Crippen LogP contribution in [0.25, 0.3) is 0 Å². The molecule has 1 aromatic rings. The molecule has 0 bridgehead atoms. The van der Waals surface area contributed by atoms with E-state index in [0.717, 1.165) is 43.2 Å². The average Bonchev–Trinajstić information content (AvgIpc) is 2.43. The van der Waals surface area contributed by atoms with E-state index in [1.165, 1.54) is 6.42 Å². The molecular weight excluding hydrogens is 240 g/mol. The minimum absolute atomic E-state index is 0.820. The van der Waals surface area contributed by atoms with Gasteiger partial charge in [0.15, 0.2) is 0 Å². The molecule has 1 aromatic carbocycles. The number of nitrogens with zero attached hydrogens (tertiary/aromatic N) is 1. The summed E-state index contributed by atoms with van der Waals surface area (Å²) < 4.78 is 10.8. The van der Waals surface area contributed by atoms with E-state index >= 15 is 0 Å². The highest BCUT2D eigenvalue weighted by Gasteiger charge is 2.11. The highest BCUT2D eigenvalue weighted by atomic mass is 16.5. The molecule has 0 radical (unpaired) electrons. The third kappa shape index (κ3) is 5.09. The summed E-state index contributed by atoms with van der Waals surface area (Å²) in [4.78, 5) is 2.27. The number of hydrogen-bond acceptors (Lipinski definition) is 4. The summed E-state index contributed by atoms with van der Waals surface area (Å²) in [5.74, 6) is 1.76. The molecule has 0 atom stereocenters. The van der Waals surface area contributed by atoms with Crippen molar-refractivity contribution in [3.63, 3.8) is 0 Å². The van der Waals surface area contributed by atoms with E-state index < -0.39 is 0 Å². The van der Waals surface area contributed by atoms with Crippen molar-refractivity contribution < 1.29 is 9.47 Å². The average molecular weight is 266 g/mol. The number of likely N-dealkylation sites (N-methyl/N-ethyl adjacent to an activating group) is 1. The summed E-state index contributed by atoms with van der Waals surface area (Å²) in [5, 5.41) is 3.40. The van der Waals surface area contributed by atoms with Crippen LogP contribution in [0.5, 0.6) is 11.5 Å². The number of hydrogen-bond donors (Lipinski definition) is 1. The number of benzene rings is 1. The fourth-order valence-electron chi connectivity index (χ4n) is 2.00. The van der Waals surface area contributed by atoms with Crippen LogP contribution < -0.4 is 14.8 Å². The van der Waals surface area contributed by atoms with Gasteiger partial charge in [0.25, 0.3) is 0 Å². The van der Waals surface area contributed by atoms with Gasteiger partial charge in [0.05, 0.1) is 19.8 Å². The van der Waals surface area contributed by atoms with E-state index in [2.05, 4.69) is 24.2 Å². The van der Waals surface area contributed by atoms with Crippen molar-refractivity contribution in [1.82, 2.24) is 10.2 Å². The lowest BCUT2D eigenvalue weighted by atomic mass is 10.1. The van der Waals surface area contributed by atoms with Crippen LogP contribution in [0.1, 0.15) is 18.9 Å². The van der Waals surface area contributed by atoms with Crippen LogP contribution in [0, 0.1) is 0 Å². The van der Waals surface area contributed by atoms with E-state index in [1.54, 1.807) is 14.2 Å². The standard InChI is InChI=1S/C15H26N2O2/c1-5-9-16-10-11-17(2)12-13-14(18-3)7-6-8-15(13)19-4/h6-8,16H,5,9-12H2,1-4H3. The normalized spacial score (nSPS) is 10.8. The molecular formula is C15H26N2O2. The van der Waals surface area contributed by atoms with Crippen molar-refractivity contribution >= 4 is 0 Å². The Hall–Kier alpha value is -1.26. The van der Waals surface area contributed by atoms with Crippen molar-refractivity contribution in [3.05, 3.63) is 23.8 Å².